The first-order chi connectivity index (χ1) is 8.94. The Morgan fingerprint density at radius 3 is 2.47 bits per heavy atom. The topological polar surface area (TPSA) is 35.6 Å². The Balaban J connectivity index is 2.21. The summed E-state index contributed by atoms with van der Waals surface area (Å²) in [6.45, 7) is 7.19. The molecule has 0 spiro atoms. The molecule has 1 N–H and O–H groups in total. The highest BCUT2D eigenvalue weighted by Crippen LogP contribution is 2.31. The lowest BCUT2D eigenvalue weighted by Gasteiger charge is -2.34. The number of amides is 1. The van der Waals surface area contributed by atoms with E-state index in [1.165, 1.54) is 25.7 Å². The molecule has 2 fully saturated rings. The van der Waals surface area contributed by atoms with E-state index in [1.54, 1.807) is 0 Å². The van der Waals surface area contributed by atoms with Crippen LogP contribution in [0.2, 0.25) is 0 Å². The molecule has 1 unspecified atom stereocenters. The van der Waals surface area contributed by atoms with Gasteiger partial charge < -0.3 is 10.2 Å². The SMILES string of the molecule is CNCC1C(=O)N(C2CCCC2)CC(C)(C)CN1C. The average molecular weight is 267 g/mol. The van der Waals surface area contributed by atoms with Crippen molar-refractivity contribution in [2.24, 2.45) is 5.41 Å². The van der Waals surface area contributed by atoms with E-state index in [0.29, 0.717) is 11.9 Å². The molecule has 19 heavy (non-hydrogen) atoms. The van der Waals surface area contributed by atoms with Crippen LogP contribution in [0, 0.1) is 5.41 Å². The summed E-state index contributed by atoms with van der Waals surface area (Å²) in [6, 6.07) is 0.477. The Bertz CT molecular complexity index is 323. The summed E-state index contributed by atoms with van der Waals surface area (Å²) in [4.78, 5) is 17.3. The minimum Gasteiger partial charge on any atom is -0.338 e. The van der Waals surface area contributed by atoms with Gasteiger partial charge >= 0.3 is 0 Å². The van der Waals surface area contributed by atoms with Gasteiger partial charge in [0.25, 0.3) is 0 Å². The van der Waals surface area contributed by atoms with Crippen LogP contribution in [-0.4, -0.2) is 61.5 Å². The second kappa shape index (κ2) is 5.80. The monoisotopic (exact) mass is 267 g/mol. The maximum absolute atomic E-state index is 12.9. The van der Waals surface area contributed by atoms with Gasteiger partial charge in [-0.15, -0.1) is 0 Å². The molecule has 2 aliphatic rings. The molecule has 2 rings (SSSR count). The maximum atomic E-state index is 12.9. The number of nitrogens with one attached hydrogen (secondary N) is 1. The van der Waals surface area contributed by atoms with E-state index in [-0.39, 0.29) is 11.5 Å². The highest BCUT2D eigenvalue weighted by atomic mass is 16.2. The molecule has 110 valence electrons. The molecule has 4 nitrogen and oxygen atoms in total. The molecule has 0 radical (unpaired) electrons. The van der Waals surface area contributed by atoms with E-state index in [1.807, 2.05) is 7.05 Å². The molecular formula is C15H29N3O. The molecule has 1 amide bonds. The third kappa shape index (κ3) is 3.29. The second-order valence-corrected chi connectivity index (χ2v) is 7.06. The van der Waals surface area contributed by atoms with E-state index in [0.717, 1.165) is 19.6 Å². The number of rotatable bonds is 3. The largest absolute Gasteiger partial charge is 0.338 e. The molecule has 4 heteroatoms. The Hall–Kier alpha value is -0.610. The summed E-state index contributed by atoms with van der Waals surface area (Å²) in [7, 11) is 4.01. The van der Waals surface area contributed by atoms with Gasteiger partial charge in [0.1, 0.15) is 6.04 Å². The molecule has 1 atom stereocenters. The minimum atomic E-state index is -0.00706. The number of carbonyl (C=O) groups excluding carboxylic acids is 1. The zero-order valence-electron chi connectivity index (χ0n) is 12.9. The van der Waals surface area contributed by atoms with E-state index in [9.17, 15) is 4.79 Å². The summed E-state index contributed by atoms with van der Waals surface area (Å²) >= 11 is 0. The zero-order valence-corrected chi connectivity index (χ0v) is 12.9. The summed E-state index contributed by atoms with van der Waals surface area (Å²) in [5, 5.41) is 3.18. The normalized spacial score (nSPS) is 29.8. The van der Waals surface area contributed by atoms with Crippen LogP contribution in [0.5, 0.6) is 0 Å². The van der Waals surface area contributed by atoms with Crippen LogP contribution < -0.4 is 5.32 Å². The molecule has 1 aliphatic carbocycles. The lowest BCUT2D eigenvalue weighted by molar-refractivity contribution is -0.137. The Morgan fingerprint density at radius 2 is 1.89 bits per heavy atom. The lowest BCUT2D eigenvalue weighted by Crippen LogP contribution is -2.51. The van der Waals surface area contributed by atoms with Crippen LogP contribution in [0.3, 0.4) is 0 Å². The van der Waals surface area contributed by atoms with E-state index < -0.39 is 0 Å². The van der Waals surface area contributed by atoms with Crippen LogP contribution in [-0.2, 0) is 4.79 Å². The van der Waals surface area contributed by atoms with Gasteiger partial charge in [0.05, 0.1) is 0 Å². The number of hydrogen-bond donors (Lipinski definition) is 1. The van der Waals surface area contributed by atoms with Gasteiger partial charge in [-0.05, 0) is 32.4 Å². The summed E-state index contributed by atoms with van der Waals surface area (Å²) in [6.07, 6.45) is 4.94. The number of likely N-dealkylation sites (N-methyl/N-ethyl adjacent to an activating group) is 2. The average Bonchev–Trinajstić information content (AvgIpc) is 2.82. The third-order valence-electron chi connectivity index (χ3n) is 4.54. The predicted molar refractivity (Wildman–Crippen MR) is 78.1 cm³/mol. The Morgan fingerprint density at radius 1 is 1.26 bits per heavy atom. The molecule has 1 saturated carbocycles. The fourth-order valence-corrected chi connectivity index (χ4v) is 3.72. The van der Waals surface area contributed by atoms with Gasteiger partial charge in [-0.3, -0.25) is 9.69 Å². The quantitative estimate of drug-likeness (QED) is 0.837. The van der Waals surface area contributed by atoms with Gasteiger partial charge in [-0.2, -0.15) is 0 Å². The fourth-order valence-electron chi connectivity index (χ4n) is 3.72. The van der Waals surface area contributed by atoms with Gasteiger partial charge in [-0.1, -0.05) is 26.7 Å². The molecule has 0 aromatic rings. The first-order valence-corrected chi connectivity index (χ1v) is 7.60. The lowest BCUT2D eigenvalue weighted by atomic mass is 9.92. The zero-order chi connectivity index (χ0) is 14.0. The van der Waals surface area contributed by atoms with E-state index in [2.05, 4.69) is 36.0 Å². The first kappa shape index (κ1) is 14.8. The molecule has 0 aromatic heterocycles. The Kier molecular flexibility index (Phi) is 4.51. The van der Waals surface area contributed by atoms with Crippen LogP contribution in [0.25, 0.3) is 0 Å². The molecule has 1 saturated heterocycles. The molecular weight excluding hydrogens is 238 g/mol. The molecule has 0 aromatic carbocycles. The van der Waals surface area contributed by atoms with Crippen molar-refractivity contribution >= 4 is 5.91 Å². The van der Waals surface area contributed by atoms with Crippen LogP contribution >= 0.6 is 0 Å². The van der Waals surface area contributed by atoms with Crippen LogP contribution in [0.15, 0.2) is 0 Å². The van der Waals surface area contributed by atoms with Crippen molar-refractivity contribution in [1.29, 1.82) is 0 Å². The molecule has 0 bridgehead atoms. The van der Waals surface area contributed by atoms with Crippen LogP contribution in [0.4, 0.5) is 0 Å². The van der Waals surface area contributed by atoms with E-state index in [4.69, 9.17) is 0 Å². The second-order valence-electron chi connectivity index (χ2n) is 7.06. The van der Waals surface area contributed by atoms with Gasteiger partial charge in [0.2, 0.25) is 5.91 Å². The Labute approximate surface area is 117 Å². The predicted octanol–water partition coefficient (Wildman–Crippen LogP) is 1.32. The standard InChI is InChI=1S/C15H29N3O/c1-15(2)10-17(4)13(9-16-3)14(19)18(11-15)12-7-5-6-8-12/h12-13,16H,5-11H2,1-4H3. The molecule has 1 heterocycles. The first-order valence-electron chi connectivity index (χ1n) is 7.60. The summed E-state index contributed by atoms with van der Waals surface area (Å²) in [5.41, 5.74) is 0.176. The third-order valence-corrected chi connectivity index (χ3v) is 4.54. The highest BCUT2D eigenvalue weighted by Gasteiger charge is 2.40. The summed E-state index contributed by atoms with van der Waals surface area (Å²) < 4.78 is 0. The maximum Gasteiger partial charge on any atom is 0.241 e. The van der Waals surface area contributed by atoms with Crippen molar-refractivity contribution < 1.29 is 4.79 Å². The van der Waals surface area contributed by atoms with Crippen molar-refractivity contribution in [3.63, 3.8) is 0 Å². The van der Waals surface area contributed by atoms with Gasteiger partial charge in [0, 0.05) is 25.7 Å². The van der Waals surface area contributed by atoms with Gasteiger partial charge in [-0.25, -0.2) is 0 Å². The van der Waals surface area contributed by atoms with Crippen molar-refractivity contribution in [2.45, 2.75) is 51.6 Å². The minimum absolute atomic E-state index is 0.00706. The smallest absolute Gasteiger partial charge is 0.241 e. The van der Waals surface area contributed by atoms with Crippen molar-refractivity contribution in [1.82, 2.24) is 15.1 Å². The van der Waals surface area contributed by atoms with Crippen molar-refractivity contribution in [2.75, 3.05) is 33.7 Å². The van der Waals surface area contributed by atoms with E-state index >= 15 is 0 Å². The van der Waals surface area contributed by atoms with Crippen molar-refractivity contribution in [3.8, 4) is 0 Å². The van der Waals surface area contributed by atoms with Crippen LogP contribution in [0.1, 0.15) is 39.5 Å². The molecule has 1 aliphatic heterocycles. The highest BCUT2D eigenvalue weighted by molar-refractivity contribution is 5.83. The fraction of sp³-hybridized carbons (Fsp3) is 0.933. The van der Waals surface area contributed by atoms with Gasteiger partial charge in [0.15, 0.2) is 0 Å². The number of nitrogens with zero attached hydrogens (tertiary/aromatic N) is 2. The van der Waals surface area contributed by atoms with Crippen molar-refractivity contribution in [3.05, 3.63) is 0 Å². The summed E-state index contributed by atoms with van der Waals surface area (Å²) in [5.74, 6) is 0.328. The number of carbonyl (C=O) groups is 1. The number of hydrogen-bond acceptors (Lipinski definition) is 3.